The first-order valence-electron chi connectivity index (χ1n) is 8.66. The fraction of sp³-hybridized carbons (Fsp3) is 0. The summed E-state index contributed by atoms with van der Waals surface area (Å²) in [5.41, 5.74) is 2.59. The van der Waals surface area contributed by atoms with Gasteiger partial charge in [0, 0.05) is 40.8 Å². The van der Waals surface area contributed by atoms with Crippen molar-refractivity contribution in [3.63, 3.8) is 0 Å². The van der Waals surface area contributed by atoms with Gasteiger partial charge in [0.2, 0.25) is 16.0 Å². The van der Waals surface area contributed by atoms with Crippen LogP contribution in [0, 0.1) is 0 Å². The Labute approximate surface area is 171 Å². The molecule has 0 spiro atoms. The molecule has 150 valence electrons. The Bertz CT molecular complexity index is 1370. The average Bonchev–Trinajstić information content (AvgIpc) is 2.73. The van der Waals surface area contributed by atoms with Gasteiger partial charge in [-0.05, 0) is 30.3 Å². The maximum absolute atomic E-state index is 11.4. The number of hydrogen-bond acceptors (Lipinski definition) is 7. The van der Waals surface area contributed by atoms with Gasteiger partial charge in [0.15, 0.2) is 0 Å². The molecule has 10 heteroatoms. The maximum Gasteiger partial charge on any atom is 0.337 e. The summed E-state index contributed by atoms with van der Waals surface area (Å²) >= 11 is 0. The second-order valence-electron chi connectivity index (χ2n) is 6.40. The Morgan fingerprint density at radius 1 is 1.03 bits per heavy atom. The lowest BCUT2D eigenvalue weighted by atomic mass is 10.0. The molecule has 2 aromatic heterocycles. The Morgan fingerprint density at radius 2 is 1.80 bits per heavy atom. The lowest BCUT2D eigenvalue weighted by Crippen LogP contribution is -2.11. The summed E-state index contributed by atoms with van der Waals surface area (Å²) in [4.78, 5) is 24.1. The van der Waals surface area contributed by atoms with Gasteiger partial charge in [0.1, 0.15) is 0 Å². The van der Waals surface area contributed by atoms with Crippen LogP contribution in [0.1, 0.15) is 10.4 Å². The molecule has 0 saturated heterocycles. The molecule has 0 amide bonds. The van der Waals surface area contributed by atoms with Gasteiger partial charge in [0.25, 0.3) is 0 Å². The van der Waals surface area contributed by atoms with Crippen LogP contribution >= 0.6 is 0 Å². The zero-order valence-electron chi connectivity index (χ0n) is 15.4. The summed E-state index contributed by atoms with van der Waals surface area (Å²) in [6, 6.07) is 12.9. The van der Waals surface area contributed by atoms with E-state index in [0.717, 1.165) is 5.39 Å². The Morgan fingerprint density at radius 3 is 2.50 bits per heavy atom. The van der Waals surface area contributed by atoms with Crippen molar-refractivity contribution in [3.05, 3.63) is 72.7 Å². The molecule has 4 aromatic rings. The van der Waals surface area contributed by atoms with Crippen molar-refractivity contribution in [1.29, 1.82) is 0 Å². The number of nitrogens with two attached hydrogens (primary N) is 1. The monoisotopic (exact) mass is 421 g/mol. The number of nitrogens with zero attached hydrogens (tertiary/aromatic N) is 3. The van der Waals surface area contributed by atoms with Crippen LogP contribution in [-0.2, 0) is 10.0 Å². The number of aromatic nitrogens is 3. The molecule has 0 bridgehead atoms. The minimum Gasteiger partial charge on any atom is -0.478 e. The number of benzene rings is 2. The number of rotatable bonds is 5. The fourth-order valence-corrected chi connectivity index (χ4v) is 3.43. The first kappa shape index (κ1) is 19.4. The summed E-state index contributed by atoms with van der Waals surface area (Å²) in [6.45, 7) is 0. The van der Waals surface area contributed by atoms with Gasteiger partial charge in [0.05, 0.1) is 16.0 Å². The van der Waals surface area contributed by atoms with Crippen LogP contribution in [0.15, 0.2) is 72.0 Å². The SMILES string of the molecule is NS(=O)(=O)c1ccc(Nc2ncc3cccc(-c4cncc(C(=O)O)c4)c3n2)cc1. The van der Waals surface area contributed by atoms with Crippen molar-refractivity contribution >= 4 is 38.5 Å². The first-order chi connectivity index (χ1) is 14.3. The number of sulfonamides is 1. The molecule has 0 aliphatic rings. The smallest absolute Gasteiger partial charge is 0.337 e. The van der Waals surface area contributed by atoms with Crippen molar-refractivity contribution in [1.82, 2.24) is 15.0 Å². The Hall–Kier alpha value is -3.89. The van der Waals surface area contributed by atoms with E-state index in [-0.39, 0.29) is 10.5 Å². The Kier molecular flexibility index (Phi) is 4.86. The van der Waals surface area contributed by atoms with E-state index in [4.69, 9.17) is 5.14 Å². The minimum atomic E-state index is -3.77. The summed E-state index contributed by atoms with van der Waals surface area (Å²) in [6.07, 6.45) is 4.49. The van der Waals surface area contributed by atoms with Crippen molar-refractivity contribution in [3.8, 4) is 11.1 Å². The molecule has 4 rings (SSSR count). The molecule has 0 fully saturated rings. The third kappa shape index (κ3) is 3.95. The largest absolute Gasteiger partial charge is 0.478 e. The number of carboxylic acid groups (broad SMARTS) is 1. The van der Waals surface area contributed by atoms with Crippen molar-refractivity contribution < 1.29 is 18.3 Å². The van der Waals surface area contributed by atoms with Gasteiger partial charge in [-0.25, -0.2) is 28.3 Å². The van der Waals surface area contributed by atoms with Crippen LogP contribution in [0.25, 0.3) is 22.0 Å². The molecule has 0 aliphatic heterocycles. The minimum absolute atomic E-state index is 0.000536. The van der Waals surface area contributed by atoms with Gasteiger partial charge >= 0.3 is 5.97 Å². The van der Waals surface area contributed by atoms with Crippen molar-refractivity contribution in [2.45, 2.75) is 4.90 Å². The van der Waals surface area contributed by atoms with Crippen LogP contribution in [0.3, 0.4) is 0 Å². The van der Waals surface area contributed by atoms with Gasteiger partial charge in [-0.15, -0.1) is 0 Å². The quantitative estimate of drug-likeness (QED) is 0.445. The van der Waals surface area contributed by atoms with Gasteiger partial charge in [-0.1, -0.05) is 18.2 Å². The number of hydrogen-bond donors (Lipinski definition) is 3. The van der Waals surface area contributed by atoms with Crippen LogP contribution in [0.5, 0.6) is 0 Å². The number of primary sulfonamides is 1. The van der Waals surface area contributed by atoms with Crippen molar-refractivity contribution in [2.24, 2.45) is 5.14 Å². The number of nitrogens with one attached hydrogen (secondary N) is 1. The molecular formula is C20H15N5O4S. The van der Waals surface area contributed by atoms with Crippen molar-refractivity contribution in [2.75, 3.05) is 5.32 Å². The van der Waals surface area contributed by atoms with E-state index in [9.17, 15) is 18.3 Å². The molecule has 9 nitrogen and oxygen atoms in total. The maximum atomic E-state index is 11.4. The zero-order valence-corrected chi connectivity index (χ0v) is 16.2. The van der Waals surface area contributed by atoms with E-state index in [1.54, 1.807) is 24.5 Å². The number of para-hydroxylation sites is 1. The standard InChI is InChI=1S/C20H15N5O4S/c21-30(28,29)16-6-4-15(5-7-16)24-20-23-11-12-2-1-3-17(18(12)25-20)13-8-14(19(26)27)10-22-9-13/h1-11H,(H,26,27)(H2,21,28,29)(H,23,24,25). The molecule has 4 N–H and O–H groups in total. The predicted molar refractivity (Wildman–Crippen MR) is 111 cm³/mol. The molecule has 0 saturated carbocycles. The van der Waals surface area contributed by atoms with E-state index in [0.29, 0.717) is 28.3 Å². The molecular weight excluding hydrogens is 406 g/mol. The highest BCUT2D eigenvalue weighted by atomic mass is 32.2. The summed E-state index contributed by atoms with van der Waals surface area (Å²) < 4.78 is 22.8. The Balaban J connectivity index is 1.73. The molecule has 2 heterocycles. The molecule has 30 heavy (non-hydrogen) atoms. The first-order valence-corrected chi connectivity index (χ1v) is 10.2. The second kappa shape index (κ2) is 7.50. The lowest BCUT2D eigenvalue weighted by Gasteiger charge is -2.09. The zero-order chi connectivity index (χ0) is 21.3. The third-order valence-electron chi connectivity index (χ3n) is 4.35. The number of aromatic carboxylic acids is 1. The van der Waals surface area contributed by atoms with E-state index >= 15 is 0 Å². The number of pyridine rings is 1. The number of carboxylic acids is 1. The van der Waals surface area contributed by atoms with E-state index in [1.165, 1.54) is 24.4 Å². The predicted octanol–water partition coefficient (Wildman–Crippen LogP) is 2.78. The highest BCUT2D eigenvalue weighted by Gasteiger charge is 2.11. The summed E-state index contributed by atoms with van der Waals surface area (Å²) in [5.74, 6) is -0.773. The summed E-state index contributed by atoms with van der Waals surface area (Å²) in [7, 11) is -3.77. The van der Waals surface area contributed by atoms with Crippen LogP contribution in [0.2, 0.25) is 0 Å². The third-order valence-corrected chi connectivity index (χ3v) is 5.28. The second-order valence-corrected chi connectivity index (χ2v) is 7.96. The number of anilines is 2. The molecule has 0 unspecified atom stereocenters. The highest BCUT2D eigenvalue weighted by molar-refractivity contribution is 7.89. The summed E-state index contributed by atoms with van der Waals surface area (Å²) in [5, 5.41) is 18.1. The molecule has 2 aromatic carbocycles. The van der Waals surface area contributed by atoms with Crippen LogP contribution in [0.4, 0.5) is 11.6 Å². The highest BCUT2D eigenvalue weighted by Crippen LogP contribution is 2.28. The topological polar surface area (TPSA) is 148 Å². The van der Waals surface area contributed by atoms with E-state index < -0.39 is 16.0 Å². The molecule has 0 atom stereocenters. The van der Waals surface area contributed by atoms with Crippen LogP contribution in [-0.4, -0.2) is 34.4 Å². The molecule has 0 aliphatic carbocycles. The lowest BCUT2D eigenvalue weighted by molar-refractivity contribution is 0.0696. The van der Waals surface area contributed by atoms with E-state index in [1.807, 2.05) is 18.2 Å². The van der Waals surface area contributed by atoms with Crippen LogP contribution < -0.4 is 10.5 Å². The van der Waals surface area contributed by atoms with E-state index in [2.05, 4.69) is 20.3 Å². The van der Waals surface area contributed by atoms with Gasteiger partial charge in [-0.3, -0.25) is 4.98 Å². The normalized spacial score (nSPS) is 11.4. The van der Waals surface area contributed by atoms with Gasteiger partial charge in [-0.2, -0.15) is 0 Å². The number of fused-ring (bicyclic) bond motifs is 1. The average molecular weight is 421 g/mol. The fourth-order valence-electron chi connectivity index (χ4n) is 2.91. The molecule has 0 radical (unpaired) electrons. The number of carbonyl (C=O) groups is 1. The van der Waals surface area contributed by atoms with Gasteiger partial charge < -0.3 is 10.4 Å².